The minimum Gasteiger partial charge on any atom is -0.356 e. The molecule has 1 aliphatic heterocycles. The normalized spacial score (nSPS) is 27.2. The van der Waals surface area contributed by atoms with Crippen molar-refractivity contribution in [3.63, 3.8) is 0 Å². The maximum absolute atomic E-state index is 4.41. The topological polar surface area (TPSA) is 39.7 Å². The van der Waals surface area contributed by atoms with Crippen molar-refractivity contribution in [2.45, 2.75) is 57.7 Å². The Morgan fingerprint density at radius 3 is 2.96 bits per heavy atom. The molecule has 1 saturated heterocycles. The Kier molecular flexibility index (Phi) is 5.59. The molecule has 3 atom stereocenters. The van der Waals surface area contributed by atoms with Gasteiger partial charge in [-0.25, -0.2) is 0 Å². The van der Waals surface area contributed by atoms with Gasteiger partial charge in [0.25, 0.3) is 0 Å². The zero-order chi connectivity index (χ0) is 16.2. The fourth-order valence-corrected chi connectivity index (χ4v) is 4.45. The van der Waals surface area contributed by atoms with Crippen molar-refractivity contribution in [2.75, 3.05) is 20.1 Å². The summed E-state index contributed by atoms with van der Waals surface area (Å²) in [6.45, 7) is 6.79. The molecule has 1 saturated carbocycles. The fraction of sp³-hybridized carbons (Fsp3) is 0.722. The molecule has 1 aromatic rings. The third-order valence-corrected chi connectivity index (χ3v) is 5.85. The Balaban J connectivity index is 1.41. The number of thiophene rings is 1. The first-order chi connectivity index (χ1) is 11.2. The molecule has 2 N–H and O–H groups in total. The highest BCUT2D eigenvalue weighted by Gasteiger charge is 2.38. The molecule has 0 radical (unpaired) electrons. The summed E-state index contributed by atoms with van der Waals surface area (Å²) in [5.74, 6) is 1.57. The Morgan fingerprint density at radius 1 is 1.48 bits per heavy atom. The highest BCUT2D eigenvalue weighted by atomic mass is 32.1. The van der Waals surface area contributed by atoms with Crippen molar-refractivity contribution >= 4 is 17.3 Å². The molecule has 23 heavy (non-hydrogen) atoms. The quantitative estimate of drug-likeness (QED) is 0.621. The molecule has 1 aromatic heterocycles. The van der Waals surface area contributed by atoms with Crippen LogP contribution in [-0.2, 0) is 6.42 Å². The van der Waals surface area contributed by atoms with Gasteiger partial charge in [0, 0.05) is 43.1 Å². The average Bonchev–Trinajstić information content (AvgIpc) is 3.13. The van der Waals surface area contributed by atoms with Crippen LogP contribution in [0.1, 0.15) is 38.0 Å². The number of aliphatic imine (C=N–C) groups is 1. The molecule has 2 aliphatic rings. The Morgan fingerprint density at radius 2 is 2.30 bits per heavy atom. The summed E-state index contributed by atoms with van der Waals surface area (Å²) in [5.41, 5.74) is 0. The fourth-order valence-electron chi connectivity index (χ4n) is 3.58. The lowest BCUT2D eigenvalue weighted by Crippen LogP contribution is -2.46. The largest absolute Gasteiger partial charge is 0.356 e. The van der Waals surface area contributed by atoms with Crippen LogP contribution in [-0.4, -0.2) is 49.1 Å². The maximum atomic E-state index is 4.41. The molecule has 2 heterocycles. The Hall–Kier alpha value is -1.07. The zero-order valence-electron chi connectivity index (χ0n) is 14.6. The predicted molar refractivity (Wildman–Crippen MR) is 99.3 cm³/mol. The summed E-state index contributed by atoms with van der Waals surface area (Å²) in [6.07, 6.45) is 5.15. The Bertz CT molecular complexity index is 509. The SMILES string of the molecule is CN=C(NCC(C)Cc1cccs1)NC1CC(C)N(C2CC2)C1. The highest BCUT2D eigenvalue weighted by molar-refractivity contribution is 7.09. The lowest BCUT2D eigenvalue weighted by molar-refractivity contribution is 0.256. The number of hydrogen-bond acceptors (Lipinski definition) is 3. The van der Waals surface area contributed by atoms with Crippen LogP contribution < -0.4 is 10.6 Å². The minimum atomic E-state index is 0.532. The summed E-state index contributed by atoms with van der Waals surface area (Å²) in [6, 6.07) is 6.45. The smallest absolute Gasteiger partial charge is 0.191 e. The van der Waals surface area contributed by atoms with Crippen LogP contribution in [0.2, 0.25) is 0 Å². The number of guanidine groups is 1. The van der Waals surface area contributed by atoms with E-state index in [0.29, 0.717) is 18.0 Å². The second-order valence-electron chi connectivity index (χ2n) is 7.20. The van der Waals surface area contributed by atoms with E-state index in [2.05, 4.69) is 51.9 Å². The molecule has 0 spiro atoms. The third kappa shape index (κ3) is 4.70. The predicted octanol–water partition coefficient (Wildman–Crippen LogP) is 2.72. The monoisotopic (exact) mass is 334 g/mol. The zero-order valence-corrected chi connectivity index (χ0v) is 15.4. The summed E-state index contributed by atoms with van der Waals surface area (Å²) in [4.78, 5) is 8.55. The van der Waals surface area contributed by atoms with Crippen LogP contribution >= 0.6 is 11.3 Å². The van der Waals surface area contributed by atoms with E-state index in [9.17, 15) is 0 Å². The summed E-state index contributed by atoms with van der Waals surface area (Å²) >= 11 is 1.85. The highest BCUT2D eigenvalue weighted by Crippen LogP contribution is 2.33. The van der Waals surface area contributed by atoms with Gasteiger partial charge in [-0.2, -0.15) is 0 Å². The van der Waals surface area contributed by atoms with Crippen LogP contribution in [0.3, 0.4) is 0 Å². The standard InChI is InChI=1S/C18H30N4S/c1-13(9-17-5-4-8-23-17)11-20-18(19-3)21-15-10-14(2)22(12-15)16-6-7-16/h4-5,8,13-16H,6-7,9-12H2,1-3H3,(H2,19,20,21). The van der Waals surface area contributed by atoms with Gasteiger partial charge in [-0.15, -0.1) is 11.3 Å². The first-order valence-corrected chi connectivity index (χ1v) is 9.79. The van der Waals surface area contributed by atoms with Gasteiger partial charge in [-0.3, -0.25) is 9.89 Å². The molecular weight excluding hydrogens is 304 g/mol. The van der Waals surface area contributed by atoms with Gasteiger partial charge >= 0.3 is 0 Å². The van der Waals surface area contributed by atoms with Gasteiger partial charge < -0.3 is 10.6 Å². The molecule has 1 aliphatic carbocycles. The number of hydrogen-bond donors (Lipinski definition) is 2. The maximum Gasteiger partial charge on any atom is 0.191 e. The van der Waals surface area contributed by atoms with Crippen LogP contribution in [0, 0.1) is 5.92 Å². The minimum absolute atomic E-state index is 0.532. The number of nitrogens with one attached hydrogen (secondary N) is 2. The van der Waals surface area contributed by atoms with Gasteiger partial charge in [0.15, 0.2) is 5.96 Å². The van der Waals surface area contributed by atoms with E-state index in [1.54, 1.807) is 0 Å². The van der Waals surface area contributed by atoms with Crippen molar-refractivity contribution in [1.82, 2.24) is 15.5 Å². The molecule has 2 fully saturated rings. The van der Waals surface area contributed by atoms with E-state index in [1.165, 1.54) is 24.1 Å². The van der Waals surface area contributed by atoms with E-state index in [0.717, 1.165) is 31.5 Å². The van der Waals surface area contributed by atoms with Crippen molar-refractivity contribution in [2.24, 2.45) is 10.9 Å². The summed E-state index contributed by atoms with van der Waals surface area (Å²) < 4.78 is 0. The molecule has 0 bridgehead atoms. The molecule has 4 nitrogen and oxygen atoms in total. The molecule has 5 heteroatoms. The van der Waals surface area contributed by atoms with E-state index in [4.69, 9.17) is 0 Å². The second kappa shape index (κ2) is 7.67. The van der Waals surface area contributed by atoms with Crippen LogP contribution in [0.4, 0.5) is 0 Å². The molecule has 0 amide bonds. The summed E-state index contributed by atoms with van der Waals surface area (Å²) in [7, 11) is 1.87. The van der Waals surface area contributed by atoms with E-state index in [-0.39, 0.29) is 0 Å². The number of likely N-dealkylation sites (tertiary alicyclic amines) is 1. The van der Waals surface area contributed by atoms with Gasteiger partial charge in [0.1, 0.15) is 0 Å². The molecular formula is C18H30N4S. The van der Waals surface area contributed by atoms with Crippen molar-refractivity contribution in [3.05, 3.63) is 22.4 Å². The van der Waals surface area contributed by atoms with Crippen LogP contribution in [0.25, 0.3) is 0 Å². The van der Waals surface area contributed by atoms with Crippen LogP contribution in [0.15, 0.2) is 22.5 Å². The number of rotatable bonds is 6. The van der Waals surface area contributed by atoms with Gasteiger partial charge in [-0.1, -0.05) is 13.0 Å². The van der Waals surface area contributed by atoms with E-state index >= 15 is 0 Å². The number of nitrogens with zero attached hydrogens (tertiary/aromatic N) is 2. The first-order valence-electron chi connectivity index (χ1n) is 8.91. The molecule has 3 unspecified atom stereocenters. The van der Waals surface area contributed by atoms with Gasteiger partial charge in [0.05, 0.1) is 0 Å². The average molecular weight is 335 g/mol. The lowest BCUT2D eigenvalue weighted by atomic mass is 10.1. The Labute approximate surface area is 144 Å². The van der Waals surface area contributed by atoms with E-state index in [1.807, 2.05) is 18.4 Å². The van der Waals surface area contributed by atoms with Crippen LogP contribution in [0.5, 0.6) is 0 Å². The van der Waals surface area contributed by atoms with Crippen molar-refractivity contribution in [1.29, 1.82) is 0 Å². The third-order valence-electron chi connectivity index (χ3n) is 4.95. The second-order valence-corrected chi connectivity index (χ2v) is 8.23. The molecule has 128 valence electrons. The van der Waals surface area contributed by atoms with Crippen molar-refractivity contribution in [3.8, 4) is 0 Å². The molecule has 3 rings (SSSR count). The van der Waals surface area contributed by atoms with Gasteiger partial charge in [-0.05, 0) is 50.0 Å². The van der Waals surface area contributed by atoms with Gasteiger partial charge in [0.2, 0.25) is 0 Å². The summed E-state index contributed by atoms with van der Waals surface area (Å²) in [5, 5.41) is 9.29. The first kappa shape index (κ1) is 16.8. The van der Waals surface area contributed by atoms with Crippen molar-refractivity contribution < 1.29 is 0 Å². The lowest BCUT2D eigenvalue weighted by Gasteiger charge is -2.21. The molecule has 0 aromatic carbocycles. The van der Waals surface area contributed by atoms with E-state index < -0.39 is 0 Å².